The lowest BCUT2D eigenvalue weighted by Gasteiger charge is -2.34. The van der Waals surface area contributed by atoms with Gasteiger partial charge >= 0.3 is 0 Å². The molecule has 3 aromatic rings. The number of nitrogens with zero attached hydrogens (tertiary/aromatic N) is 1. The summed E-state index contributed by atoms with van der Waals surface area (Å²) >= 11 is 0. The minimum Gasteiger partial charge on any atom is -0.497 e. The average molecular weight is 478 g/mol. The predicted molar refractivity (Wildman–Crippen MR) is 142 cm³/mol. The van der Waals surface area contributed by atoms with Gasteiger partial charge in [0.25, 0.3) is 0 Å². The fourth-order valence-electron chi connectivity index (χ4n) is 5.50. The lowest BCUT2D eigenvalue weighted by molar-refractivity contribution is 0.332. The number of aryl methyl sites for hydroxylation is 1. The van der Waals surface area contributed by atoms with E-state index in [-0.39, 0.29) is 18.3 Å². The van der Waals surface area contributed by atoms with Crippen LogP contribution in [0, 0.1) is 0 Å². The molecule has 0 N–H and O–H groups in total. The molecular weight excluding hydrogens is 442 g/mol. The van der Waals surface area contributed by atoms with Gasteiger partial charge in [-0.25, -0.2) is 0 Å². The Morgan fingerprint density at radius 1 is 0.941 bits per heavy atom. The van der Waals surface area contributed by atoms with Gasteiger partial charge in [-0.1, -0.05) is 54.6 Å². The van der Waals surface area contributed by atoms with E-state index >= 15 is 0 Å². The van der Waals surface area contributed by atoms with Gasteiger partial charge in [0.2, 0.25) is 0 Å². The van der Waals surface area contributed by atoms with E-state index in [4.69, 9.17) is 9.47 Å². The van der Waals surface area contributed by atoms with Crippen LogP contribution in [-0.2, 0) is 6.42 Å². The van der Waals surface area contributed by atoms with Crippen LogP contribution in [0.1, 0.15) is 60.3 Å². The van der Waals surface area contributed by atoms with Crippen LogP contribution in [0.3, 0.4) is 0 Å². The number of fused-ring (bicyclic) bond motifs is 2. The third-order valence-electron chi connectivity index (χ3n) is 7.42. The third kappa shape index (κ3) is 5.26. The molecule has 0 bridgehead atoms. The summed E-state index contributed by atoms with van der Waals surface area (Å²) in [5.41, 5.74) is 5.57. The van der Waals surface area contributed by atoms with Crippen molar-refractivity contribution in [3.63, 3.8) is 0 Å². The van der Waals surface area contributed by atoms with Gasteiger partial charge in [0.15, 0.2) is 0 Å². The Morgan fingerprint density at radius 3 is 2.32 bits per heavy atom. The fourth-order valence-corrected chi connectivity index (χ4v) is 5.50. The third-order valence-corrected chi connectivity index (χ3v) is 7.42. The Morgan fingerprint density at radius 2 is 1.68 bits per heavy atom. The predicted octanol–water partition coefficient (Wildman–Crippen LogP) is 6.84. The maximum absolute atomic E-state index is 6.04. The van der Waals surface area contributed by atoms with Crippen LogP contribution in [0.5, 0.6) is 11.5 Å². The Bertz CT molecular complexity index is 1060. The van der Waals surface area contributed by atoms with Crippen molar-refractivity contribution < 1.29 is 9.47 Å². The molecule has 34 heavy (non-hydrogen) atoms. The summed E-state index contributed by atoms with van der Waals surface area (Å²) in [5, 5.41) is 0. The highest BCUT2D eigenvalue weighted by Crippen LogP contribution is 2.47. The molecule has 4 heteroatoms. The second-order valence-electron chi connectivity index (χ2n) is 9.36. The van der Waals surface area contributed by atoms with Crippen LogP contribution >= 0.6 is 12.4 Å². The van der Waals surface area contributed by atoms with Gasteiger partial charge in [-0.3, -0.25) is 4.90 Å². The fraction of sp³-hybridized carbons (Fsp3) is 0.400. The Hall–Kier alpha value is -2.49. The van der Waals surface area contributed by atoms with E-state index in [9.17, 15) is 0 Å². The number of hydrogen-bond acceptors (Lipinski definition) is 3. The number of para-hydroxylation sites is 1. The lowest BCUT2D eigenvalue weighted by atomic mass is 9.70. The van der Waals surface area contributed by atoms with Crippen molar-refractivity contribution in [2.75, 3.05) is 26.8 Å². The molecule has 0 radical (unpaired) electrons. The molecule has 4 atom stereocenters. The zero-order valence-corrected chi connectivity index (χ0v) is 21.1. The Labute approximate surface area is 210 Å². The number of ether oxygens (including phenoxy) is 2. The summed E-state index contributed by atoms with van der Waals surface area (Å²) in [5.74, 6) is 2.59. The van der Waals surface area contributed by atoms with E-state index < -0.39 is 0 Å². The highest BCUT2D eigenvalue weighted by molar-refractivity contribution is 5.85. The molecule has 2 aliphatic heterocycles. The van der Waals surface area contributed by atoms with Crippen molar-refractivity contribution in [1.29, 1.82) is 0 Å². The van der Waals surface area contributed by atoms with Gasteiger partial charge in [-0.15, -0.1) is 12.4 Å². The monoisotopic (exact) mass is 477 g/mol. The second-order valence-corrected chi connectivity index (χ2v) is 9.36. The van der Waals surface area contributed by atoms with E-state index in [1.54, 1.807) is 7.11 Å². The normalized spacial score (nSPS) is 22.4. The summed E-state index contributed by atoms with van der Waals surface area (Å²) in [7, 11) is 1.72. The number of methoxy groups -OCH3 is 1. The minimum atomic E-state index is 0. The SMILES string of the molecule is C1CN2CC12.CCOc1ccccc1C(c1ccc(OC)cc1)C1CCCc2ccccc21.Cl. The first-order chi connectivity index (χ1) is 16.3. The first-order valence-corrected chi connectivity index (χ1v) is 12.5. The van der Waals surface area contributed by atoms with Crippen LogP contribution in [0.2, 0.25) is 0 Å². The van der Waals surface area contributed by atoms with Crippen LogP contribution in [0.25, 0.3) is 0 Å². The van der Waals surface area contributed by atoms with E-state index in [1.165, 1.54) is 61.0 Å². The first kappa shape index (κ1) is 24.6. The van der Waals surface area contributed by atoms with Crippen LogP contribution in [-0.4, -0.2) is 37.7 Å². The Kier molecular flexibility index (Phi) is 8.18. The Balaban J connectivity index is 0.000000398. The summed E-state index contributed by atoms with van der Waals surface area (Å²) in [6, 6.07) is 27.1. The molecule has 0 aromatic heterocycles. The molecule has 3 aliphatic rings. The number of benzene rings is 3. The largest absolute Gasteiger partial charge is 0.497 e. The molecule has 0 amide bonds. The number of rotatable bonds is 6. The van der Waals surface area contributed by atoms with Crippen molar-refractivity contribution in [1.82, 2.24) is 4.90 Å². The van der Waals surface area contributed by atoms with Crippen molar-refractivity contribution in [3.05, 3.63) is 95.1 Å². The van der Waals surface area contributed by atoms with E-state index in [0.29, 0.717) is 12.5 Å². The van der Waals surface area contributed by atoms with Crippen LogP contribution < -0.4 is 9.47 Å². The summed E-state index contributed by atoms with van der Waals surface area (Å²) < 4.78 is 11.4. The van der Waals surface area contributed by atoms with Gasteiger partial charge < -0.3 is 9.47 Å². The molecule has 1 aliphatic carbocycles. The van der Waals surface area contributed by atoms with E-state index in [0.717, 1.165) is 17.5 Å². The highest BCUT2D eigenvalue weighted by Gasteiger charge is 2.41. The van der Waals surface area contributed by atoms with Gasteiger partial charge in [-0.05, 0) is 73.4 Å². The summed E-state index contributed by atoms with van der Waals surface area (Å²) in [6.45, 7) is 5.54. The smallest absolute Gasteiger partial charge is 0.123 e. The molecule has 3 aromatic carbocycles. The molecule has 0 saturated carbocycles. The number of hydrogen-bond donors (Lipinski definition) is 0. The van der Waals surface area contributed by atoms with Gasteiger partial charge in [-0.2, -0.15) is 0 Å². The molecule has 2 heterocycles. The molecule has 0 spiro atoms. The molecule has 2 fully saturated rings. The van der Waals surface area contributed by atoms with Crippen molar-refractivity contribution in [2.45, 2.75) is 50.5 Å². The molecule has 180 valence electrons. The quantitative estimate of drug-likeness (QED) is 0.362. The zero-order chi connectivity index (χ0) is 22.6. The second kappa shape index (κ2) is 11.3. The molecule has 2 saturated heterocycles. The van der Waals surface area contributed by atoms with E-state index in [2.05, 4.69) is 84.6 Å². The highest BCUT2D eigenvalue weighted by atomic mass is 35.5. The van der Waals surface area contributed by atoms with Gasteiger partial charge in [0.05, 0.1) is 13.7 Å². The van der Waals surface area contributed by atoms with E-state index in [1.807, 2.05) is 0 Å². The minimum absolute atomic E-state index is 0. The zero-order valence-electron chi connectivity index (χ0n) is 20.3. The van der Waals surface area contributed by atoms with Gasteiger partial charge in [0.1, 0.15) is 11.5 Å². The first-order valence-electron chi connectivity index (χ1n) is 12.5. The maximum Gasteiger partial charge on any atom is 0.123 e. The molecule has 4 unspecified atom stereocenters. The molecule has 6 rings (SSSR count). The van der Waals surface area contributed by atoms with Crippen molar-refractivity contribution in [2.24, 2.45) is 0 Å². The number of halogens is 1. The molecule has 3 nitrogen and oxygen atoms in total. The van der Waals surface area contributed by atoms with Crippen LogP contribution in [0.4, 0.5) is 0 Å². The topological polar surface area (TPSA) is 21.5 Å². The van der Waals surface area contributed by atoms with Crippen molar-refractivity contribution >= 4 is 12.4 Å². The lowest BCUT2D eigenvalue weighted by Crippen LogP contribution is -2.19. The maximum atomic E-state index is 6.04. The van der Waals surface area contributed by atoms with Crippen LogP contribution in [0.15, 0.2) is 72.8 Å². The summed E-state index contributed by atoms with van der Waals surface area (Å²) in [4.78, 5) is 2.47. The van der Waals surface area contributed by atoms with Gasteiger partial charge in [0, 0.05) is 30.6 Å². The average Bonchev–Trinajstić information content (AvgIpc) is 3.46. The van der Waals surface area contributed by atoms with Crippen molar-refractivity contribution in [3.8, 4) is 11.5 Å². The standard InChI is InChI=1S/C26H28O2.C4H7N.ClH/c1-3-28-25-14-7-6-12-24(25)26(20-15-17-21(27-2)18-16-20)23-13-8-10-19-9-4-5-11-22(19)23;1-2-5-3-4(1)5;/h4-7,9,11-12,14-18,23,26H,3,8,10,13H2,1-2H3;4H,1-3H2;1H. The molecular formula is C30H36ClNO2. The summed E-state index contributed by atoms with van der Waals surface area (Å²) in [6.07, 6.45) is 5.08.